The minimum Gasteiger partial charge on any atom is -0.308 e. The van der Waals surface area contributed by atoms with Gasteiger partial charge in [0.15, 0.2) is 0 Å². The summed E-state index contributed by atoms with van der Waals surface area (Å²) in [7, 11) is 2.04. The Labute approximate surface area is 107 Å². The highest BCUT2D eigenvalue weighted by atomic mass is 15.3. The van der Waals surface area contributed by atoms with Gasteiger partial charge in [-0.1, -0.05) is 12.1 Å². The summed E-state index contributed by atoms with van der Waals surface area (Å²) in [6.07, 6.45) is 3.53. The molecule has 5 nitrogen and oxygen atoms in total. The number of rotatable bonds is 5. The third-order valence-corrected chi connectivity index (χ3v) is 2.63. The third kappa shape index (κ3) is 3.26. The molecule has 0 aliphatic rings. The SMILES string of the molecule is CN(Cc1ccccn1)Cc1cccnc1NN. The van der Waals surface area contributed by atoms with Crippen molar-refractivity contribution in [2.45, 2.75) is 13.1 Å². The van der Waals surface area contributed by atoms with Crippen molar-refractivity contribution in [2.24, 2.45) is 5.84 Å². The summed E-state index contributed by atoms with van der Waals surface area (Å²) in [5, 5.41) is 0. The molecule has 94 valence electrons. The van der Waals surface area contributed by atoms with Crippen molar-refractivity contribution < 1.29 is 0 Å². The molecule has 0 fully saturated rings. The molecule has 0 amide bonds. The van der Waals surface area contributed by atoms with Crippen molar-refractivity contribution in [2.75, 3.05) is 12.5 Å². The Morgan fingerprint density at radius 1 is 1.11 bits per heavy atom. The average molecular weight is 243 g/mol. The molecule has 5 heteroatoms. The molecular weight excluding hydrogens is 226 g/mol. The zero-order valence-corrected chi connectivity index (χ0v) is 10.4. The maximum atomic E-state index is 5.44. The number of anilines is 1. The predicted octanol–water partition coefficient (Wildman–Crippen LogP) is 1.39. The Hall–Kier alpha value is -1.98. The fourth-order valence-electron chi connectivity index (χ4n) is 1.81. The molecular formula is C13H17N5. The van der Waals surface area contributed by atoms with Crippen LogP contribution in [0.1, 0.15) is 11.3 Å². The summed E-state index contributed by atoms with van der Waals surface area (Å²) in [5.74, 6) is 6.15. The number of nitrogens with zero attached hydrogens (tertiary/aromatic N) is 3. The van der Waals surface area contributed by atoms with Crippen LogP contribution in [0.15, 0.2) is 42.7 Å². The smallest absolute Gasteiger partial charge is 0.144 e. The lowest BCUT2D eigenvalue weighted by Gasteiger charge is -2.17. The monoisotopic (exact) mass is 243 g/mol. The summed E-state index contributed by atoms with van der Waals surface area (Å²) < 4.78 is 0. The Bertz CT molecular complexity index is 486. The van der Waals surface area contributed by atoms with Gasteiger partial charge in [-0.2, -0.15) is 0 Å². The second-order valence-corrected chi connectivity index (χ2v) is 4.15. The zero-order chi connectivity index (χ0) is 12.8. The zero-order valence-electron chi connectivity index (χ0n) is 10.4. The van der Waals surface area contributed by atoms with Crippen LogP contribution >= 0.6 is 0 Å². The Morgan fingerprint density at radius 3 is 2.67 bits per heavy atom. The molecule has 2 heterocycles. The van der Waals surface area contributed by atoms with E-state index in [0.29, 0.717) is 5.82 Å². The van der Waals surface area contributed by atoms with Crippen molar-refractivity contribution in [1.82, 2.24) is 14.9 Å². The second kappa shape index (κ2) is 6.09. The van der Waals surface area contributed by atoms with Crippen molar-refractivity contribution in [3.63, 3.8) is 0 Å². The number of hydrazine groups is 1. The van der Waals surface area contributed by atoms with E-state index in [-0.39, 0.29) is 0 Å². The van der Waals surface area contributed by atoms with Crippen molar-refractivity contribution in [1.29, 1.82) is 0 Å². The third-order valence-electron chi connectivity index (χ3n) is 2.63. The molecule has 2 aromatic rings. The van der Waals surface area contributed by atoms with Crippen LogP contribution in [0.3, 0.4) is 0 Å². The first kappa shape index (κ1) is 12.5. The van der Waals surface area contributed by atoms with Crippen LogP contribution in [0.4, 0.5) is 5.82 Å². The van der Waals surface area contributed by atoms with E-state index in [4.69, 9.17) is 5.84 Å². The van der Waals surface area contributed by atoms with Gasteiger partial charge in [-0.25, -0.2) is 10.8 Å². The Morgan fingerprint density at radius 2 is 1.94 bits per heavy atom. The van der Waals surface area contributed by atoms with Crippen molar-refractivity contribution in [3.05, 3.63) is 54.0 Å². The van der Waals surface area contributed by atoms with E-state index in [1.807, 2.05) is 37.4 Å². The first-order valence-corrected chi connectivity index (χ1v) is 5.78. The van der Waals surface area contributed by atoms with Gasteiger partial charge >= 0.3 is 0 Å². The molecule has 0 saturated carbocycles. The minimum absolute atomic E-state index is 0.713. The largest absolute Gasteiger partial charge is 0.308 e. The lowest BCUT2D eigenvalue weighted by Crippen LogP contribution is -2.20. The van der Waals surface area contributed by atoms with E-state index in [1.165, 1.54) is 0 Å². The van der Waals surface area contributed by atoms with E-state index in [2.05, 4.69) is 20.3 Å². The second-order valence-electron chi connectivity index (χ2n) is 4.15. The molecule has 2 rings (SSSR count). The first-order chi connectivity index (χ1) is 8.79. The highest BCUT2D eigenvalue weighted by Crippen LogP contribution is 2.13. The van der Waals surface area contributed by atoms with E-state index >= 15 is 0 Å². The Kier molecular flexibility index (Phi) is 4.22. The van der Waals surface area contributed by atoms with Crippen molar-refractivity contribution in [3.8, 4) is 0 Å². The van der Waals surface area contributed by atoms with Crippen LogP contribution in [-0.4, -0.2) is 21.9 Å². The Balaban J connectivity index is 2.01. The number of hydrogen-bond acceptors (Lipinski definition) is 5. The van der Waals surface area contributed by atoms with Gasteiger partial charge in [0.25, 0.3) is 0 Å². The normalized spacial score (nSPS) is 10.6. The molecule has 18 heavy (non-hydrogen) atoms. The van der Waals surface area contributed by atoms with Gasteiger partial charge < -0.3 is 5.43 Å². The standard InChI is InChI=1S/C13H17N5/c1-18(10-12-6-2-3-7-15-12)9-11-5-4-8-16-13(11)17-14/h2-8H,9-10,14H2,1H3,(H,16,17). The molecule has 0 saturated heterocycles. The van der Waals surface area contributed by atoms with Crippen molar-refractivity contribution >= 4 is 5.82 Å². The number of pyridine rings is 2. The highest BCUT2D eigenvalue weighted by Gasteiger charge is 2.06. The molecule has 0 bridgehead atoms. The van der Waals surface area contributed by atoms with E-state index in [9.17, 15) is 0 Å². The maximum absolute atomic E-state index is 5.44. The van der Waals surface area contributed by atoms with Gasteiger partial charge in [-0.3, -0.25) is 9.88 Å². The molecule has 2 aromatic heterocycles. The molecule has 0 radical (unpaired) electrons. The molecule has 0 aliphatic heterocycles. The van der Waals surface area contributed by atoms with Gasteiger partial charge in [0, 0.05) is 31.0 Å². The lowest BCUT2D eigenvalue weighted by atomic mass is 10.2. The van der Waals surface area contributed by atoms with Crippen LogP contribution in [0.25, 0.3) is 0 Å². The highest BCUT2D eigenvalue weighted by molar-refractivity contribution is 5.42. The van der Waals surface area contributed by atoms with Crippen LogP contribution < -0.4 is 11.3 Å². The summed E-state index contributed by atoms with van der Waals surface area (Å²) in [6.45, 7) is 1.56. The van der Waals surface area contributed by atoms with Gasteiger partial charge in [0.1, 0.15) is 5.82 Å². The van der Waals surface area contributed by atoms with E-state index in [0.717, 1.165) is 24.3 Å². The maximum Gasteiger partial charge on any atom is 0.144 e. The molecule has 3 N–H and O–H groups in total. The van der Waals surface area contributed by atoms with Crippen LogP contribution in [-0.2, 0) is 13.1 Å². The summed E-state index contributed by atoms with van der Waals surface area (Å²) in [5.41, 5.74) is 4.73. The summed E-state index contributed by atoms with van der Waals surface area (Å²) in [6, 6.07) is 9.85. The van der Waals surface area contributed by atoms with Crippen LogP contribution in [0.5, 0.6) is 0 Å². The topological polar surface area (TPSA) is 67.1 Å². The summed E-state index contributed by atoms with van der Waals surface area (Å²) in [4.78, 5) is 10.7. The number of nitrogen functional groups attached to an aromatic ring is 1. The van der Waals surface area contributed by atoms with Gasteiger partial charge in [0.2, 0.25) is 0 Å². The summed E-state index contributed by atoms with van der Waals surface area (Å²) >= 11 is 0. The van der Waals surface area contributed by atoms with Gasteiger partial charge in [-0.05, 0) is 25.2 Å². The molecule has 0 aromatic carbocycles. The number of hydrogen-bond donors (Lipinski definition) is 2. The van der Waals surface area contributed by atoms with Crippen LogP contribution in [0.2, 0.25) is 0 Å². The fourth-order valence-corrected chi connectivity index (χ4v) is 1.81. The lowest BCUT2D eigenvalue weighted by molar-refractivity contribution is 0.315. The van der Waals surface area contributed by atoms with Crippen LogP contribution in [0, 0.1) is 0 Å². The molecule has 0 aliphatic carbocycles. The molecule has 0 unspecified atom stereocenters. The number of aromatic nitrogens is 2. The van der Waals surface area contributed by atoms with E-state index in [1.54, 1.807) is 12.4 Å². The van der Waals surface area contributed by atoms with Gasteiger partial charge in [-0.15, -0.1) is 0 Å². The quantitative estimate of drug-likeness (QED) is 0.613. The average Bonchev–Trinajstić information content (AvgIpc) is 2.40. The molecule has 0 atom stereocenters. The minimum atomic E-state index is 0.713. The number of nitrogens with one attached hydrogen (secondary N) is 1. The fraction of sp³-hybridized carbons (Fsp3) is 0.231. The molecule has 0 spiro atoms. The first-order valence-electron chi connectivity index (χ1n) is 5.78. The van der Waals surface area contributed by atoms with Gasteiger partial charge in [0.05, 0.1) is 5.69 Å². The number of nitrogens with two attached hydrogens (primary N) is 1. The predicted molar refractivity (Wildman–Crippen MR) is 71.5 cm³/mol. The van der Waals surface area contributed by atoms with E-state index < -0.39 is 0 Å².